The van der Waals surface area contributed by atoms with Crippen molar-refractivity contribution in [3.05, 3.63) is 0 Å². The quantitative estimate of drug-likeness (QED) is 0.667. The van der Waals surface area contributed by atoms with Crippen molar-refractivity contribution in [1.29, 1.82) is 0 Å². The minimum atomic E-state index is -0.850. The number of nitrogens with two attached hydrogens (primary N) is 1. The summed E-state index contributed by atoms with van der Waals surface area (Å²) < 4.78 is 0. The first-order valence-corrected chi connectivity index (χ1v) is 7.99. The monoisotopic (exact) mass is 312 g/mol. The Labute approximate surface area is 132 Å². The Hall–Kier alpha value is -1.63. The number of piperidine rings is 1. The largest absolute Gasteiger partial charge is 0.353 e. The van der Waals surface area contributed by atoms with Crippen LogP contribution in [0.5, 0.6) is 0 Å². The van der Waals surface area contributed by atoms with Crippen LogP contribution < -0.4 is 16.4 Å². The van der Waals surface area contributed by atoms with Crippen LogP contribution in [0.2, 0.25) is 0 Å². The van der Waals surface area contributed by atoms with Crippen LogP contribution in [0.25, 0.3) is 0 Å². The van der Waals surface area contributed by atoms with E-state index >= 15 is 0 Å². The predicted octanol–water partition coefficient (Wildman–Crippen LogP) is 0.587. The van der Waals surface area contributed by atoms with Gasteiger partial charge in [-0.2, -0.15) is 0 Å². The first kappa shape index (κ1) is 18.4. The van der Waals surface area contributed by atoms with Gasteiger partial charge in [0.1, 0.15) is 0 Å². The molecule has 4 amide bonds. The molecule has 1 saturated heterocycles. The third-order valence-corrected chi connectivity index (χ3v) is 4.11. The summed E-state index contributed by atoms with van der Waals surface area (Å²) in [6.07, 6.45) is 3.67. The van der Waals surface area contributed by atoms with E-state index in [9.17, 15) is 14.4 Å². The third-order valence-electron chi connectivity index (χ3n) is 4.11. The Morgan fingerprint density at radius 1 is 1.32 bits per heavy atom. The van der Waals surface area contributed by atoms with Crippen LogP contribution in [-0.2, 0) is 9.59 Å². The number of hydrogen-bond acceptors (Lipinski definition) is 4. The fourth-order valence-electron chi connectivity index (χ4n) is 2.83. The number of imide groups is 1. The smallest absolute Gasteiger partial charge is 0.318 e. The second-order valence-corrected chi connectivity index (χ2v) is 6.06. The van der Waals surface area contributed by atoms with Gasteiger partial charge < -0.3 is 11.1 Å². The van der Waals surface area contributed by atoms with Crippen molar-refractivity contribution >= 4 is 17.8 Å². The van der Waals surface area contributed by atoms with Crippen LogP contribution in [0.1, 0.15) is 46.5 Å². The number of nitrogens with zero attached hydrogens (tertiary/aromatic N) is 1. The molecular weight excluding hydrogens is 284 g/mol. The summed E-state index contributed by atoms with van der Waals surface area (Å²) >= 11 is 0. The maximum atomic E-state index is 12.3. The lowest BCUT2D eigenvalue weighted by atomic mass is 9.95. The van der Waals surface area contributed by atoms with Crippen LogP contribution in [0.15, 0.2) is 0 Å². The molecule has 0 aromatic heterocycles. The SMILES string of the molecule is CCCC(C)NC(=O)C1CCCN(C(C)C(=O)NC(N)=O)C1. The highest BCUT2D eigenvalue weighted by molar-refractivity contribution is 5.96. The third kappa shape index (κ3) is 5.63. The zero-order chi connectivity index (χ0) is 16.7. The minimum Gasteiger partial charge on any atom is -0.353 e. The molecule has 0 spiro atoms. The molecule has 0 aromatic rings. The van der Waals surface area contributed by atoms with Gasteiger partial charge in [0.25, 0.3) is 0 Å². The molecule has 0 saturated carbocycles. The normalized spacial score (nSPS) is 21.7. The Kier molecular flexibility index (Phi) is 7.31. The lowest BCUT2D eigenvalue weighted by Crippen LogP contribution is -2.53. The van der Waals surface area contributed by atoms with Gasteiger partial charge in [-0.1, -0.05) is 13.3 Å². The number of rotatable bonds is 6. The molecule has 1 aliphatic rings. The van der Waals surface area contributed by atoms with Crippen molar-refractivity contribution in [1.82, 2.24) is 15.5 Å². The van der Waals surface area contributed by atoms with E-state index in [4.69, 9.17) is 5.73 Å². The van der Waals surface area contributed by atoms with Crippen LogP contribution >= 0.6 is 0 Å². The van der Waals surface area contributed by atoms with Gasteiger partial charge >= 0.3 is 6.03 Å². The summed E-state index contributed by atoms with van der Waals surface area (Å²) in [6.45, 7) is 7.08. The van der Waals surface area contributed by atoms with E-state index in [0.29, 0.717) is 6.54 Å². The van der Waals surface area contributed by atoms with E-state index < -0.39 is 18.0 Å². The Balaban J connectivity index is 2.54. The highest BCUT2D eigenvalue weighted by atomic mass is 16.2. The van der Waals surface area contributed by atoms with Crippen molar-refractivity contribution in [2.24, 2.45) is 11.7 Å². The highest BCUT2D eigenvalue weighted by Crippen LogP contribution is 2.19. The summed E-state index contributed by atoms with van der Waals surface area (Å²) in [5.74, 6) is -0.488. The molecule has 1 heterocycles. The summed E-state index contributed by atoms with van der Waals surface area (Å²) in [6, 6.07) is -1.16. The van der Waals surface area contributed by atoms with E-state index in [1.807, 2.05) is 11.8 Å². The van der Waals surface area contributed by atoms with E-state index in [1.165, 1.54) is 0 Å². The summed E-state index contributed by atoms with van der Waals surface area (Å²) in [4.78, 5) is 36.8. The molecule has 1 aliphatic heterocycles. The number of urea groups is 1. The molecule has 0 bridgehead atoms. The lowest BCUT2D eigenvalue weighted by molar-refractivity contribution is -0.131. The van der Waals surface area contributed by atoms with Crippen LogP contribution in [0, 0.1) is 5.92 Å². The summed E-state index contributed by atoms with van der Waals surface area (Å²) in [5.41, 5.74) is 4.97. The Morgan fingerprint density at radius 3 is 2.59 bits per heavy atom. The molecule has 4 N–H and O–H groups in total. The zero-order valence-corrected chi connectivity index (χ0v) is 13.7. The second kappa shape index (κ2) is 8.73. The molecule has 1 rings (SSSR count). The van der Waals surface area contributed by atoms with Crippen molar-refractivity contribution in [3.63, 3.8) is 0 Å². The number of nitrogens with one attached hydrogen (secondary N) is 2. The van der Waals surface area contributed by atoms with Crippen LogP contribution in [-0.4, -0.2) is 47.9 Å². The molecule has 7 nitrogen and oxygen atoms in total. The summed E-state index contributed by atoms with van der Waals surface area (Å²) in [5, 5.41) is 5.12. The van der Waals surface area contributed by atoms with Crippen LogP contribution in [0.4, 0.5) is 4.79 Å². The van der Waals surface area contributed by atoms with E-state index in [0.717, 1.165) is 32.2 Å². The van der Waals surface area contributed by atoms with E-state index in [-0.39, 0.29) is 17.9 Å². The average molecular weight is 312 g/mol. The molecule has 3 unspecified atom stereocenters. The maximum Gasteiger partial charge on any atom is 0.318 e. The fourth-order valence-corrected chi connectivity index (χ4v) is 2.83. The topological polar surface area (TPSA) is 105 Å². The summed E-state index contributed by atoms with van der Waals surface area (Å²) in [7, 11) is 0. The van der Waals surface area contributed by atoms with Crippen LogP contribution in [0.3, 0.4) is 0 Å². The van der Waals surface area contributed by atoms with Gasteiger partial charge in [0.05, 0.1) is 12.0 Å². The highest BCUT2D eigenvalue weighted by Gasteiger charge is 2.31. The first-order chi connectivity index (χ1) is 10.3. The molecule has 126 valence electrons. The fraction of sp³-hybridized carbons (Fsp3) is 0.800. The van der Waals surface area contributed by atoms with Crippen molar-refractivity contribution < 1.29 is 14.4 Å². The lowest BCUT2D eigenvalue weighted by Gasteiger charge is -2.35. The molecule has 0 radical (unpaired) electrons. The standard InChI is InChI=1S/C15H28N4O3/c1-4-6-10(2)17-14(21)12-7-5-8-19(9-12)11(3)13(20)18-15(16)22/h10-12H,4-9H2,1-3H3,(H,17,21)(H3,16,18,20,22). The van der Waals surface area contributed by atoms with Gasteiger partial charge in [0, 0.05) is 12.6 Å². The van der Waals surface area contributed by atoms with Gasteiger partial charge in [0.2, 0.25) is 11.8 Å². The number of hydrogen-bond donors (Lipinski definition) is 3. The van der Waals surface area contributed by atoms with Gasteiger partial charge in [-0.15, -0.1) is 0 Å². The molecule has 1 fully saturated rings. The number of carbonyl (C=O) groups excluding carboxylic acids is 3. The van der Waals surface area contributed by atoms with Gasteiger partial charge in [-0.3, -0.25) is 19.8 Å². The molecule has 0 aliphatic carbocycles. The first-order valence-electron chi connectivity index (χ1n) is 7.99. The Bertz CT molecular complexity index is 414. The molecule has 7 heteroatoms. The van der Waals surface area contributed by atoms with Gasteiger partial charge in [-0.25, -0.2) is 4.79 Å². The van der Waals surface area contributed by atoms with Gasteiger partial charge in [0.15, 0.2) is 0 Å². The second-order valence-electron chi connectivity index (χ2n) is 6.06. The van der Waals surface area contributed by atoms with Crippen molar-refractivity contribution in [3.8, 4) is 0 Å². The number of amides is 4. The van der Waals surface area contributed by atoms with E-state index in [1.54, 1.807) is 6.92 Å². The zero-order valence-electron chi connectivity index (χ0n) is 13.7. The number of likely N-dealkylation sites (tertiary alicyclic amines) is 1. The molecule has 0 aromatic carbocycles. The van der Waals surface area contributed by atoms with Gasteiger partial charge in [-0.05, 0) is 39.7 Å². The number of carbonyl (C=O) groups is 3. The maximum absolute atomic E-state index is 12.3. The number of primary amides is 1. The van der Waals surface area contributed by atoms with E-state index in [2.05, 4.69) is 17.6 Å². The minimum absolute atomic E-state index is 0.0492. The van der Waals surface area contributed by atoms with Crippen molar-refractivity contribution in [2.75, 3.05) is 13.1 Å². The van der Waals surface area contributed by atoms with Crippen molar-refractivity contribution in [2.45, 2.75) is 58.5 Å². The average Bonchev–Trinajstić information content (AvgIpc) is 2.46. The molecule has 22 heavy (non-hydrogen) atoms. The Morgan fingerprint density at radius 2 is 2.00 bits per heavy atom. The predicted molar refractivity (Wildman–Crippen MR) is 84.0 cm³/mol. The molecule has 3 atom stereocenters. The molecular formula is C15H28N4O3.